The molecule has 0 amide bonds. The van der Waals surface area contributed by atoms with Crippen LogP contribution in [0.25, 0.3) is 0 Å². The van der Waals surface area contributed by atoms with Gasteiger partial charge in [-0.05, 0) is 20.8 Å². The number of carbonyl (C=O) groups is 4. The molecule has 0 aromatic rings. The summed E-state index contributed by atoms with van der Waals surface area (Å²) in [6.45, 7) is 9.99. The molecule has 0 aromatic heterocycles. The highest BCUT2D eigenvalue weighted by Gasteiger charge is 1.99. The van der Waals surface area contributed by atoms with Crippen molar-refractivity contribution < 1.29 is 19.2 Å². The average Bonchev–Trinajstić information content (AvgIpc) is 2.18. The van der Waals surface area contributed by atoms with Crippen LogP contribution in [0.15, 0.2) is 0 Å². The normalized spacial score (nSPS) is 7.88. The Hall–Kier alpha value is -1.32. The molecule has 0 saturated carbocycles. The summed E-state index contributed by atoms with van der Waals surface area (Å²) < 4.78 is 0. The highest BCUT2D eigenvalue weighted by molar-refractivity contribution is 5.97. The molecule has 0 bridgehead atoms. The van der Waals surface area contributed by atoms with E-state index in [1.54, 1.807) is 6.92 Å². The third-order valence-corrected chi connectivity index (χ3v) is 1.34. The van der Waals surface area contributed by atoms with Gasteiger partial charge in [0.25, 0.3) is 0 Å². The SMILES string of the molecule is CC.CC(=O)CC(C)=O.CCC(=O)CC(C)=O. The van der Waals surface area contributed by atoms with Gasteiger partial charge >= 0.3 is 0 Å². The largest absolute Gasteiger partial charge is 0.300 e. The van der Waals surface area contributed by atoms with E-state index >= 15 is 0 Å². The van der Waals surface area contributed by atoms with Crippen LogP contribution in [0.4, 0.5) is 0 Å². The van der Waals surface area contributed by atoms with Gasteiger partial charge in [0.1, 0.15) is 23.1 Å². The molecule has 0 aliphatic heterocycles. The maximum absolute atomic E-state index is 10.4. The Bertz CT molecular complexity index is 242. The fourth-order valence-corrected chi connectivity index (χ4v) is 0.753. The van der Waals surface area contributed by atoms with E-state index in [-0.39, 0.29) is 36.0 Å². The highest BCUT2D eigenvalue weighted by atomic mass is 16.2. The topological polar surface area (TPSA) is 68.3 Å². The summed E-state index contributed by atoms with van der Waals surface area (Å²) in [5.41, 5.74) is 0. The van der Waals surface area contributed by atoms with Gasteiger partial charge in [-0.2, -0.15) is 0 Å². The number of hydrogen-bond donors (Lipinski definition) is 0. The van der Waals surface area contributed by atoms with Gasteiger partial charge in [0.05, 0.1) is 12.8 Å². The first-order chi connectivity index (χ1) is 7.79. The van der Waals surface area contributed by atoms with Crippen molar-refractivity contribution in [3.05, 3.63) is 0 Å². The predicted octanol–water partition coefficient (Wildman–Crippen LogP) is 2.53. The highest BCUT2D eigenvalue weighted by Crippen LogP contribution is 1.88. The molecule has 0 saturated heterocycles. The Balaban J connectivity index is -0.000000202. The van der Waals surface area contributed by atoms with Crippen molar-refractivity contribution in [1.82, 2.24) is 0 Å². The summed E-state index contributed by atoms with van der Waals surface area (Å²) in [6.07, 6.45) is 0.663. The van der Waals surface area contributed by atoms with Gasteiger partial charge in [0.15, 0.2) is 0 Å². The van der Waals surface area contributed by atoms with Crippen molar-refractivity contribution in [2.24, 2.45) is 0 Å². The summed E-state index contributed by atoms with van der Waals surface area (Å²) >= 11 is 0. The summed E-state index contributed by atoms with van der Waals surface area (Å²) in [5.74, 6) is -0.144. The molecule has 0 atom stereocenters. The van der Waals surface area contributed by atoms with Crippen LogP contribution in [0.5, 0.6) is 0 Å². The molecule has 0 fully saturated rings. The van der Waals surface area contributed by atoms with Gasteiger partial charge in [-0.1, -0.05) is 20.8 Å². The number of ketones is 4. The molecule has 4 heteroatoms. The van der Waals surface area contributed by atoms with Crippen LogP contribution in [0.3, 0.4) is 0 Å². The third-order valence-electron chi connectivity index (χ3n) is 1.34. The number of hydrogen-bond acceptors (Lipinski definition) is 4. The molecule has 0 unspecified atom stereocenters. The second-order valence-corrected chi connectivity index (χ2v) is 3.35. The van der Waals surface area contributed by atoms with Crippen LogP contribution in [0.2, 0.25) is 0 Å². The van der Waals surface area contributed by atoms with E-state index in [9.17, 15) is 19.2 Å². The summed E-state index contributed by atoms with van der Waals surface area (Å²) in [5, 5.41) is 0. The number of rotatable bonds is 5. The number of Topliss-reactive ketones (excluding diaryl/α,β-unsaturated/α-hetero) is 4. The first kappa shape index (κ1) is 21.0. The minimum Gasteiger partial charge on any atom is -0.300 e. The summed E-state index contributed by atoms with van der Waals surface area (Å²) in [6, 6.07) is 0. The lowest BCUT2D eigenvalue weighted by molar-refractivity contribution is -0.126. The number of carbonyl (C=O) groups excluding carboxylic acids is 4. The van der Waals surface area contributed by atoms with Crippen LogP contribution in [0, 0.1) is 0 Å². The minimum atomic E-state index is -0.0625. The van der Waals surface area contributed by atoms with Crippen molar-refractivity contribution in [3.63, 3.8) is 0 Å². The Morgan fingerprint density at radius 1 is 0.706 bits per heavy atom. The Labute approximate surface area is 104 Å². The van der Waals surface area contributed by atoms with Gasteiger partial charge in [-0.25, -0.2) is 0 Å². The van der Waals surface area contributed by atoms with E-state index in [4.69, 9.17) is 0 Å². The molecular weight excluding hydrogens is 220 g/mol. The fourth-order valence-electron chi connectivity index (χ4n) is 0.753. The zero-order valence-corrected chi connectivity index (χ0v) is 11.8. The van der Waals surface area contributed by atoms with Crippen LogP contribution < -0.4 is 0 Å². The zero-order valence-electron chi connectivity index (χ0n) is 11.8. The van der Waals surface area contributed by atoms with Crippen molar-refractivity contribution in [3.8, 4) is 0 Å². The van der Waals surface area contributed by atoms with Crippen molar-refractivity contribution in [2.75, 3.05) is 0 Å². The standard InChI is InChI=1S/C6H10O2.C5H8O2.C2H6/c1-3-6(8)4-5(2)7;1-4(6)3-5(2)7;1-2/h3-4H2,1-2H3;3H2,1-2H3;1-2H3. The molecule has 0 aliphatic rings. The molecule has 0 spiro atoms. The van der Waals surface area contributed by atoms with Gasteiger partial charge < -0.3 is 0 Å². The average molecular weight is 244 g/mol. The molecule has 0 N–H and O–H groups in total. The van der Waals surface area contributed by atoms with E-state index in [2.05, 4.69) is 0 Å². The molecule has 17 heavy (non-hydrogen) atoms. The summed E-state index contributed by atoms with van der Waals surface area (Å²) in [7, 11) is 0. The molecule has 0 radical (unpaired) electrons. The molecule has 0 aromatic carbocycles. The van der Waals surface area contributed by atoms with E-state index in [1.807, 2.05) is 13.8 Å². The van der Waals surface area contributed by atoms with Gasteiger partial charge in [0, 0.05) is 6.42 Å². The van der Waals surface area contributed by atoms with Gasteiger partial charge in [-0.3, -0.25) is 19.2 Å². The molecule has 0 aliphatic carbocycles. The van der Waals surface area contributed by atoms with E-state index in [0.717, 1.165) is 0 Å². The van der Waals surface area contributed by atoms with Crippen LogP contribution in [0.1, 0.15) is 60.8 Å². The first-order valence-corrected chi connectivity index (χ1v) is 5.79. The molecule has 4 nitrogen and oxygen atoms in total. The third kappa shape index (κ3) is 31.3. The lowest BCUT2D eigenvalue weighted by Gasteiger charge is -1.87. The maximum atomic E-state index is 10.4. The Morgan fingerprint density at radius 2 is 1.00 bits per heavy atom. The Kier molecular flexibility index (Phi) is 18.1. The van der Waals surface area contributed by atoms with Crippen LogP contribution in [-0.2, 0) is 19.2 Å². The smallest absolute Gasteiger partial charge is 0.139 e. The molecule has 0 rings (SSSR count). The van der Waals surface area contributed by atoms with Crippen molar-refractivity contribution in [2.45, 2.75) is 60.8 Å². The van der Waals surface area contributed by atoms with Crippen molar-refractivity contribution >= 4 is 23.1 Å². The second-order valence-electron chi connectivity index (χ2n) is 3.35. The Morgan fingerprint density at radius 3 is 1.06 bits per heavy atom. The maximum Gasteiger partial charge on any atom is 0.139 e. The van der Waals surface area contributed by atoms with Crippen LogP contribution in [-0.4, -0.2) is 23.1 Å². The van der Waals surface area contributed by atoms with Crippen molar-refractivity contribution in [1.29, 1.82) is 0 Å². The second kappa shape index (κ2) is 14.7. The lowest BCUT2D eigenvalue weighted by atomic mass is 10.2. The van der Waals surface area contributed by atoms with Crippen LogP contribution >= 0.6 is 0 Å². The lowest BCUT2D eigenvalue weighted by Crippen LogP contribution is -2.01. The zero-order chi connectivity index (χ0) is 14.4. The van der Waals surface area contributed by atoms with Gasteiger partial charge in [-0.15, -0.1) is 0 Å². The predicted molar refractivity (Wildman–Crippen MR) is 67.9 cm³/mol. The molecule has 0 heterocycles. The quantitative estimate of drug-likeness (QED) is 0.697. The fraction of sp³-hybridized carbons (Fsp3) is 0.692. The van der Waals surface area contributed by atoms with E-state index in [0.29, 0.717) is 6.42 Å². The van der Waals surface area contributed by atoms with E-state index < -0.39 is 0 Å². The minimum absolute atomic E-state index is 0.0255. The molecule has 100 valence electrons. The van der Waals surface area contributed by atoms with Gasteiger partial charge in [0.2, 0.25) is 0 Å². The first-order valence-electron chi connectivity index (χ1n) is 5.79. The molecular formula is C13H24O4. The summed E-state index contributed by atoms with van der Waals surface area (Å²) in [4.78, 5) is 40.7. The van der Waals surface area contributed by atoms with E-state index in [1.165, 1.54) is 20.8 Å². The monoisotopic (exact) mass is 244 g/mol.